The number of hydrogen-bond acceptors (Lipinski definition) is 5. The summed E-state index contributed by atoms with van der Waals surface area (Å²) < 4.78 is 78.9. The van der Waals surface area contributed by atoms with Gasteiger partial charge in [0.15, 0.2) is 5.82 Å². The third-order valence-electron chi connectivity index (χ3n) is 6.73. The molecule has 0 bridgehead atoms. The van der Waals surface area contributed by atoms with Crippen LogP contribution in [-0.2, 0) is 17.1 Å². The molecule has 40 heavy (non-hydrogen) atoms. The molecular formula is C28H27F6N3O3. The van der Waals surface area contributed by atoms with Crippen molar-refractivity contribution in [2.24, 2.45) is 0 Å². The largest absolute Gasteiger partial charge is 0.481 e. The number of halogens is 6. The van der Waals surface area contributed by atoms with Gasteiger partial charge < -0.3 is 15.1 Å². The van der Waals surface area contributed by atoms with E-state index >= 15 is 0 Å². The first kappa shape index (κ1) is 29.3. The number of anilines is 1. The van der Waals surface area contributed by atoms with Crippen LogP contribution in [0.5, 0.6) is 0 Å². The zero-order chi connectivity index (χ0) is 29.1. The molecule has 6 nitrogen and oxygen atoms in total. The van der Waals surface area contributed by atoms with Gasteiger partial charge >= 0.3 is 18.3 Å². The van der Waals surface area contributed by atoms with Crippen molar-refractivity contribution >= 4 is 11.8 Å². The lowest BCUT2D eigenvalue weighted by Crippen LogP contribution is -2.34. The predicted octanol–water partition coefficient (Wildman–Crippen LogP) is 7.13. The highest BCUT2D eigenvalue weighted by Gasteiger charge is 2.33. The second-order valence-corrected chi connectivity index (χ2v) is 9.63. The molecule has 3 aromatic rings. The van der Waals surface area contributed by atoms with Gasteiger partial charge in [0.2, 0.25) is 0 Å². The summed E-state index contributed by atoms with van der Waals surface area (Å²) in [4.78, 5) is 21.9. The van der Waals surface area contributed by atoms with Crippen molar-refractivity contribution < 1.29 is 41.4 Å². The zero-order valence-corrected chi connectivity index (χ0v) is 21.3. The van der Waals surface area contributed by atoms with Crippen molar-refractivity contribution in [3.8, 4) is 22.5 Å². The quantitative estimate of drug-likeness (QED) is 0.211. The van der Waals surface area contributed by atoms with Crippen LogP contribution in [0.2, 0.25) is 0 Å². The Balaban J connectivity index is 1.72. The Morgan fingerprint density at radius 2 is 1.30 bits per heavy atom. The number of nitrogens with zero attached hydrogens (tertiary/aromatic N) is 3. The maximum Gasteiger partial charge on any atom is 0.416 e. The van der Waals surface area contributed by atoms with E-state index in [9.17, 15) is 36.2 Å². The molecule has 1 atom stereocenters. The number of unbranched alkanes of at least 4 members (excludes halogenated alkanes) is 3. The first-order chi connectivity index (χ1) is 18.8. The Morgan fingerprint density at radius 1 is 0.800 bits per heavy atom. The summed E-state index contributed by atoms with van der Waals surface area (Å²) in [5.74, 6) is -0.497. The Labute approximate surface area is 226 Å². The minimum atomic E-state index is -4.55. The average molecular weight is 568 g/mol. The van der Waals surface area contributed by atoms with E-state index in [1.807, 2.05) is 4.90 Å². The molecule has 12 heteroatoms. The molecule has 2 N–H and O–H groups in total. The number of carbonyl (C=O) groups is 1. The van der Waals surface area contributed by atoms with E-state index in [2.05, 4.69) is 4.98 Å². The number of hydrogen-bond donors (Lipinski definition) is 2. The molecule has 1 unspecified atom stereocenters. The van der Waals surface area contributed by atoms with Gasteiger partial charge in [-0.25, -0.2) is 9.97 Å². The number of rotatable bonds is 9. The molecular weight excluding hydrogens is 540 g/mol. The highest BCUT2D eigenvalue weighted by Crippen LogP contribution is 2.40. The summed E-state index contributed by atoms with van der Waals surface area (Å²) in [6.07, 6.45) is -6.89. The second-order valence-electron chi connectivity index (χ2n) is 9.63. The maximum atomic E-state index is 13.2. The van der Waals surface area contributed by atoms with Gasteiger partial charge in [0.1, 0.15) is 11.8 Å². The summed E-state index contributed by atoms with van der Waals surface area (Å²) in [5.41, 5.74) is -0.629. The van der Waals surface area contributed by atoms with Crippen LogP contribution < -0.4 is 4.90 Å². The molecule has 0 aliphatic carbocycles. The number of aliphatic carboxylic acids is 1. The Kier molecular flexibility index (Phi) is 8.67. The molecule has 0 saturated heterocycles. The minimum absolute atomic E-state index is 0.0907. The Hall–Kier alpha value is -3.67. The lowest BCUT2D eigenvalue weighted by molar-refractivity contribution is -0.138. The number of alkyl halides is 6. The van der Waals surface area contributed by atoms with Crippen molar-refractivity contribution in [1.82, 2.24) is 9.97 Å². The third kappa shape index (κ3) is 6.90. The SMILES string of the molecule is O=C(O)CCCCCCN1CCC(O)c2nc(-c3ccc(C(F)(F)F)cc3)c(-c3ccc(C(F)(F)F)cc3)nc21. The van der Waals surface area contributed by atoms with Gasteiger partial charge in [0, 0.05) is 30.6 Å². The van der Waals surface area contributed by atoms with Gasteiger partial charge in [0.25, 0.3) is 0 Å². The monoisotopic (exact) mass is 567 g/mol. The average Bonchev–Trinajstić information content (AvgIpc) is 2.90. The third-order valence-corrected chi connectivity index (χ3v) is 6.73. The summed E-state index contributed by atoms with van der Waals surface area (Å²) >= 11 is 0. The van der Waals surface area contributed by atoms with E-state index in [-0.39, 0.29) is 34.6 Å². The first-order valence-corrected chi connectivity index (χ1v) is 12.8. The van der Waals surface area contributed by atoms with E-state index < -0.39 is 35.6 Å². The number of aromatic nitrogens is 2. The van der Waals surface area contributed by atoms with Gasteiger partial charge in [0.05, 0.1) is 22.5 Å². The molecule has 1 aliphatic rings. The predicted molar refractivity (Wildman–Crippen MR) is 135 cm³/mol. The fraction of sp³-hybridized carbons (Fsp3) is 0.393. The van der Waals surface area contributed by atoms with Crippen molar-refractivity contribution in [1.29, 1.82) is 0 Å². The van der Waals surface area contributed by atoms with Crippen LogP contribution >= 0.6 is 0 Å². The minimum Gasteiger partial charge on any atom is -0.481 e. The van der Waals surface area contributed by atoms with Crippen LogP contribution in [-0.4, -0.2) is 39.2 Å². The van der Waals surface area contributed by atoms with Crippen molar-refractivity contribution in [2.45, 2.75) is 57.0 Å². The highest BCUT2D eigenvalue weighted by atomic mass is 19.4. The smallest absolute Gasteiger partial charge is 0.416 e. The van der Waals surface area contributed by atoms with E-state index in [4.69, 9.17) is 10.1 Å². The highest BCUT2D eigenvalue weighted by molar-refractivity contribution is 5.80. The van der Waals surface area contributed by atoms with Crippen LogP contribution in [0, 0.1) is 0 Å². The normalized spacial score (nSPS) is 15.7. The topological polar surface area (TPSA) is 86.5 Å². The lowest BCUT2D eigenvalue weighted by Gasteiger charge is -2.33. The Bertz CT molecular complexity index is 1330. The molecule has 1 aromatic heterocycles. The van der Waals surface area contributed by atoms with Crippen LogP contribution in [0.1, 0.15) is 61.4 Å². The molecule has 4 rings (SSSR count). The number of fused-ring (bicyclic) bond motifs is 1. The van der Waals surface area contributed by atoms with Gasteiger partial charge in [-0.2, -0.15) is 26.3 Å². The van der Waals surface area contributed by atoms with Crippen molar-refractivity contribution in [2.75, 3.05) is 18.0 Å². The van der Waals surface area contributed by atoms with E-state index in [1.165, 1.54) is 24.3 Å². The number of carboxylic acids is 1. The number of benzene rings is 2. The number of aliphatic hydroxyl groups excluding tert-OH is 1. The fourth-order valence-electron chi connectivity index (χ4n) is 4.60. The van der Waals surface area contributed by atoms with E-state index in [0.29, 0.717) is 38.2 Å². The van der Waals surface area contributed by atoms with E-state index in [1.54, 1.807) is 0 Å². The van der Waals surface area contributed by atoms with Crippen LogP contribution in [0.15, 0.2) is 48.5 Å². The van der Waals surface area contributed by atoms with Crippen LogP contribution in [0.4, 0.5) is 32.2 Å². The molecule has 2 heterocycles. The van der Waals surface area contributed by atoms with E-state index in [0.717, 1.165) is 37.1 Å². The molecule has 0 spiro atoms. The van der Waals surface area contributed by atoms with Crippen molar-refractivity contribution in [3.05, 3.63) is 65.4 Å². The summed E-state index contributed by atoms with van der Waals surface area (Å²) in [6, 6.07) is 8.49. The summed E-state index contributed by atoms with van der Waals surface area (Å²) in [5, 5.41) is 19.5. The van der Waals surface area contributed by atoms with Gasteiger partial charge in [-0.1, -0.05) is 37.1 Å². The fourth-order valence-corrected chi connectivity index (χ4v) is 4.60. The standard InChI is InChI=1S/C28H27F6N3O3/c29-27(30,31)19-10-6-17(7-11-19)23-24(18-8-12-20(13-9-18)28(32,33)34)36-26-25(35-23)21(38)14-16-37(26)15-4-2-1-3-5-22(39)40/h6-13,21,38H,1-5,14-16H2,(H,39,40). The molecule has 214 valence electrons. The molecule has 2 aromatic carbocycles. The van der Waals surface area contributed by atoms with Gasteiger partial charge in [-0.05, 0) is 43.5 Å². The molecule has 0 fully saturated rings. The Morgan fingerprint density at radius 3 is 1.80 bits per heavy atom. The van der Waals surface area contributed by atoms with Gasteiger partial charge in [-0.3, -0.25) is 4.79 Å². The number of carboxylic acid groups (broad SMARTS) is 1. The van der Waals surface area contributed by atoms with Crippen molar-refractivity contribution in [3.63, 3.8) is 0 Å². The van der Waals surface area contributed by atoms with Crippen LogP contribution in [0.25, 0.3) is 22.5 Å². The summed E-state index contributed by atoms with van der Waals surface area (Å²) in [6.45, 7) is 0.984. The molecule has 1 aliphatic heterocycles. The van der Waals surface area contributed by atoms with Crippen LogP contribution in [0.3, 0.4) is 0 Å². The summed E-state index contributed by atoms with van der Waals surface area (Å²) in [7, 11) is 0. The maximum absolute atomic E-state index is 13.2. The molecule has 0 amide bonds. The second kappa shape index (κ2) is 11.8. The molecule has 0 radical (unpaired) electrons. The first-order valence-electron chi connectivity index (χ1n) is 12.8. The number of aliphatic hydroxyl groups is 1. The lowest BCUT2D eigenvalue weighted by atomic mass is 9.99. The zero-order valence-electron chi connectivity index (χ0n) is 21.3. The van der Waals surface area contributed by atoms with Gasteiger partial charge in [-0.15, -0.1) is 0 Å². The molecule has 0 saturated carbocycles.